The summed E-state index contributed by atoms with van der Waals surface area (Å²) in [6.07, 6.45) is 0. The van der Waals surface area contributed by atoms with Crippen LogP contribution in [0.4, 0.5) is 15.8 Å². The standard InChI is InChI=1S/C19H18FN5O2S/c1-11-4-3-5-13(8-11)18-23-24-19(28)25(18)10-17(27)22-14-6-7-15(20)16(9-14)21-12(2)26/h3-9H,10H2,1-2H3,(H,21,26)(H,22,27)(H,24,28). The fourth-order valence-electron chi connectivity index (χ4n) is 2.70. The summed E-state index contributed by atoms with van der Waals surface area (Å²) >= 11 is 5.24. The van der Waals surface area contributed by atoms with Crippen LogP contribution in [0.1, 0.15) is 12.5 Å². The Balaban J connectivity index is 1.80. The molecule has 0 radical (unpaired) electrons. The van der Waals surface area contributed by atoms with E-state index < -0.39 is 11.7 Å². The van der Waals surface area contributed by atoms with Gasteiger partial charge in [-0.05, 0) is 43.4 Å². The number of carbonyl (C=O) groups excluding carboxylic acids is 2. The summed E-state index contributed by atoms with van der Waals surface area (Å²) < 4.78 is 15.6. The van der Waals surface area contributed by atoms with E-state index in [0.717, 1.165) is 11.1 Å². The Morgan fingerprint density at radius 3 is 2.71 bits per heavy atom. The molecule has 9 heteroatoms. The molecular formula is C19H18FN5O2S. The van der Waals surface area contributed by atoms with Gasteiger partial charge in [0.1, 0.15) is 12.4 Å². The van der Waals surface area contributed by atoms with Crippen LogP contribution >= 0.6 is 12.2 Å². The maximum atomic E-state index is 13.7. The Hall–Kier alpha value is -3.33. The molecule has 3 aromatic rings. The van der Waals surface area contributed by atoms with Gasteiger partial charge in [0.15, 0.2) is 10.6 Å². The average molecular weight is 399 g/mol. The topological polar surface area (TPSA) is 91.8 Å². The zero-order valence-electron chi connectivity index (χ0n) is 15.2. The van der Waals surface area contributed by atoms with E-state index in [4.69, 9.17) is 12.2 Å². The number of aromatic nitrogens is 3. The van der Waals surface area contributed by atoms with Crippen molar-refractivity contribution in [2.24, 2.45) is 0 Å². The third-order valence-corrected chi connectivity index (χ3v) is 4.21. The van der Waals surface area contributed by atoms with Crippen LogP contribution in [0.15, 0.2) is 42.5 Å². The second-order valence-electron chi connectivity index (χ2n) is 6.23. The number of rotatable bonds is 5. The molecule has 1 heterocycles. The van der Waals surface area contributed by atoms with Crippen LogP contribution in [0.2, 0.25) is 0 Å². The van der Waals surface area contributed by atoms with Gasteiger partial charge in [-0.25, -0.2) is 4.39 Å². The molecule has 0 atom stereocenters. The molecule has 0 saturated heterocycles. The predicted octanol–water partition coefficient (Wildman–Crippen LogP) is 3.65. The lowest BCUT2D eigenvalue weighted by Crippen LogP contribution is -2.20. The first-order valence-electron chi connectivity index (χ1n) is 8.42. The van der Waals surface area contributed by atoms with Crippen molar-refractivity contribution in [1.29, 1.82) is 0 Å². The number of carbonyl (C=O) groups is 2. The molecule has 0 bridgehead atoms. The molecule has 2 amide bonds. The first-order chi connectivity index (χ1) is 13.3. The average Bonchev–Trinajstić information content (AvgIpc) is 2.98. The van der Waals surface area contributed by atoms with Gasteiger partial charge in [-0.1, -0.05) is 23.8 Å². The Labute approximate surface area is 165 Å². The molecule has 2 aromatic carbocycles. The number of H-pyrrole nitrogens is 1. The SMILES string of the molecule is CC(=O)Nc1cc(NC(=O)Cn2c(-c3cccc(C)c3)n[nH]c2=S)ccc1F. The summed E-state index contributed by atoms with van der Waals surface area (Å²) in [5.41, 5.74) is 2.22. The van der Waals surface area contributed by atoms with Crippen LogP contribution in [0.5, 0.6) is 0 Å². The number of aryl methyl sites for hydroxylation is 1. The fourth-order valence-corrected chi connectivity index (χ4v) is 2.90. The summed E-state index contributed by atoms with van der Waals surface area (Å²) in [5.74, 6) is -0.824. The summed E-state index contributed by atoms with van der Waals surface area (Å²) in [6.45, 7) is 3.16. The van der Waals surface area contributed by atoms with E-state index in [1.165, 1.54) is 25.1 Å². The van der Waals surface area contributed by atoms with Gasteiger partial charge in [-0.15, -0.1) is 0 Å². The van der Waals surface area contributed by atoms with Gasteiger partial charge in [-0.3, -0.25) is 19.3 Å². The monoisotopic (exact) mass is 399 g/mol. The zero-order valence-corrected chi connectivity index (χ0v) is 16.1. The van der Waals surface area contributed by atoms with Crippen molar-refractivity contribution < 1.29 is 14.0 Å². The highest BCUT2D eigenvalue weighted by molar-refractivity contribution is 7.71. The minimum absolute atomic E-state index is 0.00864. The minimum atomic E-state index is -0.591. The van der Waals surface area contributed by atoms with Gasteiger partial charge < -0.3 is 10.6 Å². The van der Waals surface area contributed by atoms with Crippen molar-refractivity contribution in [3.63, 3.8) is 0 Å². The first-order valence-corrected chi connectivity index (χ1v) is 8.83. The summed E-state index contributed by atoms with van der Waals surface area (Å²) in [7, 11) is 0. The highest BCUT2D eigenvalue weighted by atomic mass is 32.1. The molecule has 0 fully saturated rings. The van der Waals surface area contributed by atoms with Gasteiger partial charge in [0, 0.05) is 18.2 Å². The lowest BCUT2D eigenvalue weighted by atomic mass is 10.1. The van der Waals surface area contributed by atoms with Gasteiger partial charge >= 0.3 is 0 Å². The number of nitrogens with one attached hydrogen (secondary N) is 3. The Kier molecular flexibility index (Phi) is 5.65. The molecule has 7 nitrogen and oxygen atoms in total. The molecule has 144 valence electrons. The van der Waals surface area contributed by atoms with Gasteiger partial charge in [0.05, 0.1) is 5.69 Å². The molecular weight excluding hydrogens is 381 g/mol. The molecule has 0 spiro atoms. The summed E-state index contributed by atoms with van der Waals surface area (Å²) in [6, 6.07) is 11.6. The van der Waals surface area contributed by atoms with Crippen molar-refractivity contribution in [2.75, 3.05) is 10.6 Å². The van der Waals surface area contributed by atoms with Crippen molar-refractivity contribution in [3.05, 3.63) is 58.6 Å². The number of benzene rings is 2. The third-order valence-electron chi connectivity index (χ3n) is 3.90. The first kappa shape index (κ1) is 19.4. The number of amides is 2. The minimum Gasteiger partial charge on any atom is -0.324 e. The second kappa shape index (κ2) is 8.13. The van der Waals surface area contributed by atoms with Crippen molar-refractivity contribution >= 4 is 35.4 Å². The van der Waals surface area contributed by atoms with Crippen LogP contribution < -0.4 is 10.6 Å². The van der Waals surface area contributed by atoms with E-state index in [1.54, 1.807) is 4.57 Å². The molecule has 0 aliphatic heterocycles. The molecule has 0 aliphatic rings. The Morgan fingerprint density at radius 1 is 1.21 bits per heavy atom. The van der Waals surface area contributed by atoms with Gasteiger partial charge in [0.25, 0.3) is 0 Å². The van der Waals surface area contributed by atoms with E-state index in [1.807, 2.05) is 31.2 Å². The number of hydrogen-bond acceptors (Lipinski definition) is 4. The zero-order chi connectivity index (χ0) is 20.3. The quantitative estimate of drug-likeness (QED) is 0.571. The Bertz CT molecular complexity index is 1110. The smallest absolute Gasteiger partial charge is 0.244 e. The van der Waals surface area contributed by atoms with E-state index in [2.05, 4.69) is 20.8 Å². The molecule has 28 heavy (non-hydrogen) atoms. The number of halogens is 1. The molecule has 3 rings (SSSR count). The van der Waals surface area contributed by atoms with Crippen LogP contribution in [0.25, 0.3) is 11.4 Å². The molecule has 0 aliphatic carbocycles. The largest absolute Gasteiger partial charge is 0.324 e. The highest BCUT2D eigenvalue weighted by Crippen LogP contribution is 2.21. The summed E-state index contributed by atoms with van der Waals surface area (Å²) in [4.78, 5) is 23.7. The van der Waals surface area contributed by atoms with Crippen molar-refractivity contribution in [3.8, 4) is 11.4 Å². The summed E-state index contributed by atoms with van der Waals surface area (Å²) in [5, 5.41) is 12.0. The molecule has 1 aromatic heterocycles. The van der Waals surface area contributed by atoms with Gasteiger partial charge in [0.2, 0.25) is 11.8 Å². The van der Waals surface area contributed by atoms with E-state index >= 15 is 0 Å². The lowest BCUT2D eigenvalue weighted by molar-refractivity contribution is -0.117. The maximum Gasteiger partial charge on any atom is 0.244 e. The third kappa shape index (κ3) is 4.49. The molecule has 0 unspecified atom stereocenters. The van der Waals surface area contributed by atoms with Crippen molar-refractivity contribution in [2.45, 2.75) is 20.4 Å². The lowest BCUT2D eigenvalue weighted by Gasteiger charge is -2.10. The van der Waals surface area contributed by atoms with E-state index in [-0.39, 0.29) is 18.1 Å². The van der Waals surface area contributed by atoms with Crippen LogP contribution in [0.3, 0.4) is 0 Å². The highest BCUT2D eigenvalue weighted by Gasteiger charge is 2.13. The second-order valence-corrected chi connectivity index (χ2v) is 6.62. The number of nitrogens with zero attached hydrogens (tertiary/aromatic N) is 2. The number of anilines is 2. The maximum absolute atomic E-state index is 13.7. The van der Waals surface area contributed by atoms with Crippen LogP contribution in [-0.4, -0.2) is 26.6 Å². The predicted molar refractivity (Wildman–Crippen MR) is 107 cm³/mol. The molecule has 3 N–H and O–H groups in total. The van der Waals surface area contributed by atoms with Crippen LogP contribution in [-0.2, 0) is 16.1 Å². The van der Waals surface area contributed by atoms with Crippen LogP contribution in [0, 0.1) is 17.5 Å². The Morgan fingerprint density at radius 2 is 2.00 bits per heavy atom. The van der Waals surface area contributed by atoms with Gasteiger partial charge in [-0.2, -0.15) is 5.10 Å². The van der Waals surface area contributed by atoms with E-state index in [0.29, 0.717) is 16.3 Å². The molecule has 0 saturated carbocycles. The number of hydrogen-bond donors (Lipinski definition) is 3. The van der Waals surface area contributed by atoms with E-state index in [9.17, 15) is 14.0 Å². The normalized spacial score (nSPS) is 10.5. The fraction of sp³-hybridized carbons (Fsp3) is 0.158. The van der Waals surface area contributed by atoms with Crippen molar-refractivity contribution in [1.82, 2.24) is 14.8 Å². The number of aromatic amines is 1.